The predicted molar refractivity (Wildman–Crippen MR) is 110 cm³/mol. The summed E-state index contributed by atoms with van der Waals surface area (Å²) in [7, 11) is -0.904. The van der Waals surface area contributed by atoms with Crippen molar-refractivity contribution in [3.05, 3.63) is 34.3 Å². The molecule has 0 aliphatic carbocycles. The highest BCUT2D eigenvalue weighted by Gasteiger charge is 2.39. The highest BCUT2D eigenvalue weighted by molar-refractivity contribution is 7.89. The van der Waals surface area contributed by atoms with E-state index in [4.69, 9.17) is 9.47 Å². The van der Waals surface area contributed by atoms with Crippen LogP contribution in [0.5, 0.6) is 11.5 Å². The molecule has 0 spiro atoms. The summed E-state index contributed by atoms with van der Waals surface area (Å²) in [5.41, 5.74) is 0.925. The number of ether oxygens (including phenoxy) is 2. The molecule has 1 N–H and O–H groups in total. The minimum absolute atomic E-state index is 0.0767. The van der Waals surface area contributed by atoms with Gasteiger partial charge < -0.3 is 14.8 Å². The standard InChI is InChI=1S/C19H25N3O5S2/c1-13-21-14(12-28-13)8-9-20-19(23)16-5-4-10-22(16)29(24,25)15-6-7-17(26-2)18(11-15)27-3/h6-7,11-12,16H,4-5,8-10H2,1-3H3,(H,20,23)/t16-/m1/s1. The zero-order chi connectivity index (χ0) is 21.0. The maximum Gasteiger partial charge on any atom is 0.243 e. The van der Waals surface area contributed by atoms with Crippen molar-refractivity contribution in [2.24, 2.45) is 0 Å². The second-order valence-corrected chi connectivity index (χ2v) is 9.64. The molecular weight excluding hydrogens is 414 g/mol. The van der Waals surface area contributed by atoms with E-state index in [2.05, 4.69) is 10.3 Å². The van der Waals surface area contributed by atoms with E-state index >= 15 is 0 Å². The Morgan fingerprint density at radius 3 is 2.72 bits per heavy atom. The van der Waals surface area contributed by atoms with Gasteiger partial charge in [-0.05, 0) is 31.9 Å². The summed E-state index contributed by atoms with van der Waals surface area (Å²) >= 11 is 1.56. The number of carbonyl (C=O) groups excluding carboxylic acids is 1. The maximum atomic E-state index is 13.2. The molecule has 0 saturated carbocycles. The van der Waals surface area contributed by atoms with Gasteiger partial charge in [-0.2, -0.15) is 4.31 Å². The zero-order valence-corrected chi connectivity index (χ0v) is 18.3. The van der Waals surface area contributed by atoms with Gasteiger partial charge >= 0.3 is 0 Å². The predicted octanol–water partition coefficient (Wildman–Crippen LogP) is 1.98. The summed E-state index contributed by atoms with van der Waals surface area (Å²) in [6.45, 7) is 2.66. The Morgan fingerprint density at radius 1 is 1.31 bits per heavy atom. The molecule has 1 fully saturated rings. The highest BCUT2D eigenvalue weighted by atomic mass is 32.2. The number of hydrogen-bond acceptors (Lipinski definition) is 7. The lowest BCUT2D eigenvalue weighted by Gasteiger charge is -2.23. The topological polar surface area (TPSA) is 97.8 Å². The molecule has 1 aromatic carbocycles. The highest BCUT2D eigenvalue weighted by Crippen LogP contribution is 2.33. The van der Waals surface area contributed by atoms with Crippen LogP contribution in [-0.4, -0.2) is 57.0 Å². The van der Waals surface area contributed by atoms with E-state index < -0.39 is 16.1 Å². The monoisotopic (exact) mass is 439 g/mol. The van der Waals surface area contributed by atoms with Crippen molar-refractivity contribution in [3.8, 4) is 11.5 Å². The number of rotatable bonds is 8. The van der Waals surface area contributed by atoms with Crippen LogP contribution in [0.4, 0.5) is 0 Å². The molecule has 2 heterocycles. The quantitative estimate of drug-likeness (QED) is 0.675. The average molecular weight is 440 g/mol. The van der Waals surface area contributed by atoms with Crippen LogP contribution in [0.2, 0.25) is 0 Å². The molecule has 1 aromatic heterocycles. The van der Waals surface area contributed by atoms with Gasteiger partial charge in [0.05, 0.1) is 29.8 Å². The number of methoxy groups -OCH3 is 2. The number of aryl methyl sites for hydroxylation is 1. The second-order valence-electron chi connectivity index (χ2n) is 6.69. The van der Waals surface area contributed by atoms with E-state index in [0.717, 1.165) is 10.7 Å². The molecular formula is C19H25N3O5S2. The first-order valence-corrected chi connectivity index (χ1v) is 11.6. The molecule has 1 aliphatic rings. The first-order valence-electron chi connectivity index (χ1n) is 9.29. The fourth-order valence-electron chi connectivity index (χ4n) is 3.36. The molecule has 0 bridgehead atoms. The van der Waals surface area contributed by atoms with Crippen LogP contribution in [-0.2, 0) is 21.2 Å². The lowest BCUT2D eigenvalue weighted by molar-refractivity contribution is -0.124. The number of aromatic nitrogens is 1. The van der Waals surface area contributed by atoms with Gasteiger partial charge in [-0.15, -0.1) is 11.3 Å². The Labute approximate surface area is 174 Å². The van der Waals surface area contributed by atoms with Gasteiger partial charge in [0.15, 0.2) is 11.5 Å². The number of benzene rings is 1. The van der Waals surface area contributed by atoms with Crippen molar-refractivity contribution in [2.75, 3.05) is 27.3 Å². The van der Waals surface area contributed by atoms with Crippen LogP contribution < -0.4 is 14.8 Å². The number of carbonyl (C=O) groups is 1. The molecule has 0 unspecified atom stereocenters. The van der Waals surface area contributed by atoms with E-state index in [1.54, 1.807) is 17.4 Å². The Morgan fingerprint density at radius 2 is 2.07 bits per heavy atom. The van der Waals surface area contributed by atoms with Crippen LogP contribution in [0.3, 0.4) is 0 Å². The summed E-state index contributed by atoms with van der Waals surface area (Å²) in [4.78, 5) is 17.1. The van der Waals surface area contributed by atoms with Crippen molar-refractivity contribution >= 4 is 27.3 Å². The molecule has 29 heavy (non-hydrogen) atoms. The Bertz CT molecular complexity index is 974. The third-order valence-corrected chi connectivity index (χ3v) is 7.54. The number of hydrogen-bond donors (Lipinski definition) is 1. The van der Waals surface area contributed by atoms with Gasteiger partial charge in [0.25, 0.3) is 0 Å². The summed E-state index contributed by atoms with van der Waals surface area (Å²) in [5.74, 6) is 0.491. The fraction of sp³-hybridized carbons (Fsp3) is 0.474. The third-order valence-electron chi connectivity index (χ3n) is 4.81. The molecule has 10 heteroatoms. The van der Waals surface area contributed by atoms with Gasteiger partial charge in [0.2, 0.25) is 15.9 Å². The summed E-state index contributed by atoms with van der Waals surface area (Å²) < 4.78 is 38.0. The molecule has 3 rings (SSSR count). The number of nitrogens with zero attached hydrogens (tertiary/aromatic N) is 2. The first-order chi connectivity index (χ1) is 13.9. The third kappa shape index (κ3) is 4.71. The van der Waals surface area contributed by atoms with Crippen LogP contribution in [0.15, 0.2) is 28.5 Å². The van der Waals surface area contributed by atoms with Gasteiger partial charge in [0.1, 0.15) is 6.04 Å². The van der Waals surface area contributed by atoms with E-state index in [9.17, 15) is 13.2 Å². The largest absolute Gasteiger partial charge is 0.493 e. The van der Waals surface area contributed by atoms with E-state index in [1.807, 2.05) is 12.3 Å². The van der Waals surface area contributed by atoms with Gasteiger partial charge in [-0.25, -0.2) is 13.4 Å². The lowest BCUT2D eigenvalue weighted by atomic mass is 10.2. The Hall–Kier alpha value is -2.17. The first kappa shape index (κ1) is 21.5. The Kier molecular flexibility index (Phi) is 6.76. The number of nitrogens with one attached hydrogen (secondary N) is 1. The normalized spacial score (nSPS) is 17.3. The minimum atomic E-state index is -3.84. The molecule has 0 radical (unpaired) electrons. The molecule has 2 aromatic rings. The number of sulfonamides is 1. The van der Waals surface area contributed by atoms with Crippen molar-refractivity contribution in [1.29, 1.82) is 0 Å². The number of thiazole rings is 1. The van der Waals surface area contributed by atoms with Crippen LogP contribution in [0.1, 0.15) is 23.5 Å². The minimum Gasteiger partial charge on any atom is -0.493 e. The SMILES string of the molecule is COc1ccc(S(=O)(=O)N2CCC[C@@H]2C(=O)NCCc2csc(C)n2)cc1OC. The molecule has 1 saturated heterocycles. The Balaban J connectivity index is 1.70. The summed E-state index contributed by atoms with van der Waals surface area (Å²) in [5, 5.41) is 5.80. The van der Waals surface area contributed by atoms with Crippen molar-refractivity contribution in [3.63, 3.8) is 0 Å². The van der Waals surface area contributed by atoms with Gasteiger partial charge in [0, 0.05) is 31.0 Å². The molecule has 1 atom stereocenters. The van der Waals surface area contributed by atoms with Crippen LogP contribution in [0.25, 0.3) is 0 Å². The smallest absolute Gasteiger partial charge is 0.243 e. The van der Waals surface area contributed by atoms with E-state index in [-0.39, 0.29) is 10.8 Å². The summed E-state index contributed by atoms with van der Waals surface area (Å²) in [6, 6.07) is 3.72. The van der Waals surface area contributed by atoms with Crippen molar-refractivity contribution < 1.29 is 22.7 Å². The van der Waals surface area contributed by atoms with Crippen molar-refractivity contribution in [2.45, 2.75) is 37.1 Å². The number of amides is 1. The van der Waals surface area contributed by atoms with Crippen molar-refractivity contribution in [1.82, 2.24) is 14.6 Å². The van der Waals surface area contributed by atoms with Crippen LogP contribution in [0, 0.1) is 6.92 Å². The average Bonchev–Trinajstić information content (AvgIpc) is 3.36. The van der Waals surface area contributed by atoms with E-state index in [0.29, 0.717) is 43.9 Å². The van der Waals surface area contributed by atoms with E-state index in [1.165, 1.54) is 30.7 Å². The van der Waals surface area contributed by atoms with Gasteiger partial charge in [-0.1, -0.05) is 0 Å². The van der Waals surface area contributed by atoms with Gasteiger partial charge in [-0.3, -0.25) is 4.79 Å². The fourth-order valence-corrected chi connectivity index (χ4v) is 5.68. The molecule has 8 nitrogen and oxygen atoms in total. The second kappa shape index (κ2) is 9.10. The molecule has 1 amide bonds. The maximum absolute atomic E-state index is 13.2. The zero-order valence-electron chi connectivity index (χ0n) is 16.7. The lowest BCUT2D eigenvalue weighted by Crippen LogP contribution is -2.46. The molecule has 1 aliphatic heterocycles. The summed E-state index contributed by atoms with van der Waals surface area (Å²) in [6.07, 6.45) is 1.75. The molecule has 158 valence electrons. The van der Waals surface area contributed by atoms with Crippen LogP contribution >= 0.6 is 11.3 Å².